The van der Waals surface area contributed by atoms with E-state index in [0.29, 0.717) is 38.4 Å². The molecule has 0 radical (unpaired) electrons. The Balaban J connectivity index is 1.90. The highest BCUT2D eigenvalue weighted by Gasteiger charge is 2.33. The van der Waals surface area contributed by atoms with Crippen molar-refractivity contribution in [2.24, 2.45) is 0 Å². The predicted octanol–water partition coefficient (Wildman–Crippen LogP) is 1.87. The summed E-state index contributed by atoms with van der Waals surface area (Å²) in [5.74, 6) is -0.667. The van der Waals surface area contributed by atoms with Gasteiger partial charge in [-0.15, -0.1) is 0 Å². The van der Waals surface area contributed by atoms with Gasteiger partial charge in [0.1, 0.15) is 11.6 Å². The second-order valence-corrected chi connectivity index (χ2v) is 7.00. The number of likely N-dealkylation sites (N-methyl/N-ethyl adjacent to an activating group) is 1. The second kappa shape index (κ2) is 8.22. The van der Waals surface area contributed by atoms with Crippen LogP contribution in [-0.4, -0.2) is 52.5 Å². The molecule has 3 rings (SSSR count). The van der Waals surface area contributed by atoms with Crippen LogP contribution in [0.5, 0.6) is 0 Å². The number of methoxy groups -OCH3 is 1. The highest BCUT2D eigenvalue weighted by Crippen LogP contribution is 2.27. The lowest BCUT2D eigenvalue weighted by Gasteiger charge is -2.26. The van der Waals surface area contributed by atoms with Crippen LogP contribution >= 0.6 is 11.6 Å². The quantitative estimate of drug-likeness (QED) is 0.747. The van der Waals surface area contributed by atoms with E-state index in [1.807, 2.05) is 0 Å². The van der Waals surface area contributed by atoms with Crippen molar-refractivity contribution in [1.29, 1.82) is 0 Å². The summed E-state index contributed by atoms with van der Waals surface area (Å²) in [6, 6.07) is 4.37. The van der Waals surface area contributed by atoms with Crippen molar-refractivity contribution in [1.82, 2.24) is 19.2 Å². The molecule has 0 aliphatic carbocycles. The molecule has 0 bridgehead atoms. The lowest BCUT2D eigenvalue weighted by Crippen LogP contribution is -2.37. The highest BCUT2D eigenvalue weighted by molar-refractivity contribution is 6.31. The molecule has 0 saturated carbocycles. The Kier molecular flexibility index (Phi) is 5.96. The molecule has 0 spiro atoms. The Morgan fingerprint density at radius 1 is 1.48 bits per heavy atom. The molecule has 7 nitrogen and oxygen atoms in total. The van der Waals surface area contributed by atoms with Gasteiger partial charge in [0.15, 0.2) is 0 Å². The summed E-state index contributed by atoms with van der Waals surface area (Å²) < 4.78 is 21.8. The molecule has 0 fully saturated rings. The lowest BCUT2D eigenvalue weighted by molar-refractivity contribution is -0.132. The zero-order valence-corrected chi connectivity index (χ0v) is 16.1. The van der Waals surface area contributed by atoms with Crippen LogP contribution in [0, 0.1) is 5.82 Å². The number of carbonyl (C=O) groups excluding carboxylic acids is 1. The average Bonchev–Trinajstić information content (AvgIpc) is 2.98. The summed E-state index contributed by atoms with van der Waals surface area (Å²) in [5.41, 5.74) is -0.154. The summed E-state index contributed by atoms with van der Waals surface area (Å²) in [7, 11) is 3.28. The minimum Gasteiger partial charge on any atom is -0.383 e. The second-order valence-electron chi connectivity index (χ2n) is 6.60. The molecule has 0 saturated heterocycles. The number of benzene rings is 1. The molecule has 9 heteroatoms. The number of hydrogen-bond donors (Lipinski definition) is 0. The van der Waals surface area contributed by atoms with Crippen LogP contribution in [-0.2, 0) is 22.6 Å². The minimum absolute atomic E-state index is 0.0786. The summed E-state index contributed by atoms with van der Waals surface area (Å²) in [6.45, 7) is 1.30. The number of carbonyl (C=O) groups is 1. The summed E-state index contributed by atoms with van der Waals surface area (Å²) >= 11 is 6.07. The van der Waals surface area contributed by atoms with Gasteiger partial charge in [-0.1, -0.05) is 17.7 Å². The Labute approximate surface area is 161 Å². The maximum atomic E-state index is 14.1. The van der Waals surface area contributed by atoms with E-state index in [1.165, 1.54) is 21.4 Å². The number of fused-ring (bicyclic) bond motifs is 1. The van der Waals surface area contributed by atoms with Crippen molar-refractivity contribution in [3.63, 3.8) is 0 Å². The summed E-state index contributed by atoms with van der Waals surface area (Å²) in [5, 5.41) is 4.59. The van der Waals surface area contributed by atoms with E-state index in [1.54, 1.807) is 25.1 Å². The Bertz CT molecular complexity index is 875. The molecule has 1 atom stereocenters. The monoisotopic (exact) mass is 396 g/mol. The molecular formula is C18H22ClFN4O3. The Morgan fingerprint density at radius 3 is 2.96 bits per heavy atom. The largest absolute Gasteiger partial charge is 0.383 e. The minimum atomic E-state index is -0.495. The maximum absolute atomic E-state index is 14.1. The van der Waals surface area contributed by atoms with Crippen molar-refractivity contribution in [3.05, 3.63) is 50.9 Å². The van der Waals surface area contributed by atoms with Crippen LogP contribution in [0.25, 0.3) is 0 Å². The fourth-order valence-corrected chi connectivity index (χ4v) is 3.51. The molecule has 1 amide bonds. The van der Waals surface area contributed by atoms with Crippen LogP contribution in [0.2, 0.25) is 5.02 Å². The molecule has 1 aromatic carbocycles. The number of hydrogen-bond acceptors (Lipinski definition) is 4. The molecule has 1 aliphatic heterocycles. The molecule has 0 N–H and O–H groups in total. The van der Waals surface area contributed by atoms with E-state index in [9.17, 15) is 14.0 Å². The number of halogens is 2. The third-order valence-electron chi connectivity index (χ3n) is 4.81. The molecule has 1 aliphatic rings. The number of amides is 1. The third kappa shape index (κ3) is 3.91. The molecule has 1 aromatic heterocycles. The van der Waals surface area contributed by atoms with Crippen LogP contribution < -0.4 is 5.69 Å². The molecule has 27 heavy (non-hydrogen) atoms. The number of ether oxygens (including phenoxy) is 1. The lowest BCUT2D eigenvalue weighted by atomic mass is 9.97. The fraction of sp³-hybridized carbons (Fsp3) is 0.500. The van der Waals surface area contributed by atoms with Gasteiger partial charge in [0.05, 0.1) is 19.1 Å². The first-order chi connectivity index (χ1) is 12.9. The summed E-state index contributed by atoms with van der Waals surface area (Å²) in [4.78, 5) is 27.1. The predicted molar refractivity (Wildman–Crippen MR) is 98.5 cm³/mol. The van der Waals surface area contributed by atoms with E-state index in [2.05, 4.69) is 5.10 Å². The van der Waals surface area contributed by atoms with Crippen LogP contribution in [0.3, 0.4) is 0 Å². The van der Waals surface area contributed by atoms with Gasteiger partial charge in [-0.05, 0) is 25.0 Å². The van der Waals surface area contributed by atoms with Crippen molar-refractivity contribution in [3.8, 4) is 0 Å². The zero-order chi connectivity index (χ0) is 19.6. The van der Waals surface area contributed by atoms with E-state index in [4.69, 9.17) is 16.3 Å². The van der Waals surface area contributed by atoms with Gasteiger partial charge in [0.2, 0.25) is 5.91 Å². The maximum Gasteiger partial charge on any atom is 0.346 e. The van der Waals surface area contributed by atoms with E-state index in [0.717, 1.165) is 0 Å². The van der Waals surface area contributed by atoms with Crippen LogP contribution in [0.4, 0.5) is 4.39 Å². The van der Waals surface area contributed by atoms with Gasteiger partial charge in [-0.2, -0.15) is 5.10 Å². The van der Waals surface area contributed by atoms with E-state index in [-0.39, 0.29) is 28.7 Å². The van der Waals surface area contributed by atoms with Crippen molar-refractivity contribution < 1.29 is 13.9 Å². The van der Waals surface area contributed by atoms with Crippen molar-refractivity contribution >= 4 is 17.5 Å². The average molecular weight is 397 g/mol. The van der Waals surface area contributed by atoms with Crippen molar-refractivity contribution in [2.75, 3.05) is 27.3 Å². The summed E-state index contributed by atoms with van der Waals surface area (Å²) in [6.07, 6.45) is 1.32. The van der Waals surface area contributed by atoms with E-state index >= 15 is 0 Å². The first-order valence-electron chi connectivity index (χ1n) is 8.78. The topological polar surface area (TPSA) is 69.4 Å². The number of rotatable bonds is 6. The van der Waals surface area contributed by atoms with Gasteiger partial charge >= 0.3 is 5.69 Å². The fourth-order valence-electron chi connectivity index (χ4n) is 3.28. The van der Waals surface area contributed by atoms with Gasteiger partial charge in [-0.25, -0.2) is 13.9 Å². The normalized spacial score (nSPS) is 16.2. The van der Waals surface area contributed by atoms with Crippen LogP contribution in [0.15, 0.2) is 23.0 Å². The molecule has 1 unspecified atom stereocenters. The van der Waals surface area contributed by atoms with Gasteiger partial charge < -0.3 is 9.64 Å². The Hall–Kier alpha value is -2.19. The van der Waals surface area contributed by atoms with E-state index < -0.39 is 11.7 Å². The van der Waals surface area contributed by atoms with Gasteiger partial charge in [0, 0.05) is 37.8 Å². The Morgan fingerprint density at radius 2 is 2.26 bits per heavy atom. The number of aromatic nitrogens is 3. The first kappa shape index (κ1) is 19.6. The SMILES string of the molecule is COCCN(C)C(=O)C1CCCn2c1nn(Cc1c(F)cccc1Cl)c2=O. The molecule has 2 aromatic rings. The zero-order valence-electron chi connectivity index (χ0n) is 15.3. The molecule has 2 heterocycles. The molecule has 146 valence electrons. The number of nitrogens with zero attached hydrogens (tertiary/aromatic N) is 4. The van der Waals surface area contributed by atoms with Crippen LogP contribution in [0.1, 0.15) is 30.1 Å². The standard InChI is InChI=1S/C18H22ClFN4O3/c1-22(9-10-27-2)17(25)12-5-4-8-23-16(12)21-24(18(23)26)11-13-14(19)6-3-7-15(13)20/h3,6-7,12H,4-5,8-11H2,1-2H3. The highest BCUT2D eigenvalue weighted by atomic mass is 35.5. The van der Waals surface area contributed by atoms with Gasteiger partial charge in [-0.3, -0.25) is 9.36 Å². The molecular weight excluding hydrogens is 375 g/mol. The van der Waals surface area contributed by atoms with Gasteiger partial charge in [0.25, 0.3) is 0 Å². The first-order valence-corrected chi connectivity index (χ1v) is 9.16. The smallest absolute Gasteiger partial charge is 0.346 e. The van der Waals surface area contributed by atoms with Crippen molar-refractivity contribution in [2.45, 2.75) is 31.8 Å². The third-order valence-corrected chi connectivity index (χ3v) is 5.17.